The molecule has 156 valence electrons. The number of Topliss-reactive ketones (excluding diaryl/α,β-unsaturated/α-hetero) is 1. The highest BCUT2D eigenvalue weighted by Crippen LogP contribution is 2.40. The van der Waals surface area contributed by atoms with Crippen LogP contribution in [-0.2, 0) is 19.0 Å². The summed E-state index contributed by atoms with van der Waals surface area (Å²) in [5.41, 5.74) is 0. The average Bonchev–Trinajstić information content (AvgIpc) is 2.49. The fourth-order valence-electron chi connectivity index (χ4n) is 3.68. The zero-order chi connectivity index (χ0) is 16.9. The Morgan fingerprint density at radius 1 is 1.04 bits per heavy atom. The molecule has 0 spiro atoms. The fourth-order valence-corrected chi connectivity index (χ4v) is 3.68. The molecule has 3 aliphatic rings. The average molecular weight is 421 g/mol. The van der Waals surface area contributed by atoms with Crippen LogP contribution in [0.4, 0.5) is 0 Å². The zero-order valence-corrected chi connectivity index (χ0v) is 15.8. The van der Waals surface area contributed by atoms with Crippen molar-refractivity contribution >= 4 is 30.6 Å². The van der Waals surface area contributed by atoms with Crippen molar-refractivity contribution < 1.29 is 34.3 Å². The lowest BCUT2D eigenvalue weighted by molar-refractivity contribution is -0.420. The first-order chi connectivity index (χ1) is 10.8. The quantitative estimate of drug-likeness (QED) is 0.364. The van der Waals surface area contributed by atoms with E-state index in [0.717, 1.165) is 0 Å². The van der Waals surface area contributed by atoms with Crippen molar-refractivity contribution in [1.29, 1.82) is 0 Å². The molecule has 5 N–H and O–H groups in total. The summed E-state index contributed by atoms with van der Waals surface area (Å²) in [4.78, 5) is 12.2. The molecule has 0 aromatic rings. The lowest BCUT2D eigenvalue weighted by atomic mass is 9.80. The first-order valence-electron chi connectivity index (χ1n) is 7.78. The first kappa shape index (κ1) is 25.9. The van der Waals surface area contributed by atoms with Gasteiger partial charge in [-0.1, -0.05) is 7.43 Å². The Balaban J connectivity index is 0.00000208. The van der Waals surface area contributed by atoms with Gasteiger partial charge in [-0.2, -0.15) is 0 Å². The Labute approximate surface area is 165 Å². The number of aliphatic hydroxyl groups excluding tert-OH is 2. The lowest BCUT2D eigenvalue weighted by Crippen LogP contribution is -2.77. The third-order valence-corrected chi connectivity index (χ3v) is 4.93. The molecule has 3 rings (SSSR count). The Morgan fingerprint density at radius 2 is 1.62 bits per heavy atom. The molecule has 26 heavy (non-hydrogen) atoms. The first-order valence-corrected chi connectivity index (χ1v) is 7.78. The second-order valence-electron chi connectivity index (χ2n) is 6.40. The number of hydrogen-bond acceptors (Lipinski definition) is 9. The summed E-state index contributed by atoms with van der Waals surface area (Å²) in [6.45, 7) is 1.70. The van der Waals surface area contributed by atoms with E-state index in [2.05, 4.69) is 10.6 Å². The topological polar surface area (TPSA) is 130 Å². The normalized spacial score (nSPS) is 47.4. The molecule has 0 radical (unpaired) electrons. The number of ether oxygens (including phenoxy) is 3. The number of carbonyl (C=O) groups excluding carboxylic acids is 1. The number of fused-ring (bicyclic) bond motifs is 2. The number of halogens is 2. The number of hydrogen-bond donors (Lipinski definition) is 5. The summed E-state index contributed by atoms with van der Waals surface area (Å²) in [6.07, 6.45) is -5.58. The molecule has 1 aliphatic carbocycles. The number of ketones is 1. The van der Waals surface area contributed by atoms with Crippen molar-refractivity contribution in [3.05, 3.63) is 0 Å². The van der Waals surface area contributed by atoms with Crippen LogP contribution in [0.25, 0.3) is 0 Å². The van der Waals surface area contributed by atoms with Crippen molar-refractivity contribution in [3.63, 3.8) is 0 Å². The van der Waals surface area contributed by atoms with Crippen LogP contribution < -0.4 is 10.6 Å². The summed E-state index contributed by atoms with van der Waals surface area (Å²) in [5, 5.41) is 37.2. The number of likely N-dealkylation sites (N-methyl/N-ethyl adjacent to an activating group) is 2. The largest absolute Gasteiger partial charge is 0.390 e. The second-order valence-corrected chi connectivity index (χ2v) is 6.40. The molecule has 0 bridgehead atoms. The summed E-state index contributed by atoms with van der Waals surface area (Å²) >= 11 is 0. The van der Waals surface area contributed by atoms with E-state index in [9.17, 15) is 20.1 Å². The van der Waals surface area contributed by atoms with Crippen molar-refractivity contribution in [3.8, 4) is 0 Å². The molecular weight excluding hydrogens is 391 g/mol. The van der Waals surface area contributed by atoms with Gasteiger partial charge >= 0.3 is 0 Å². The maximum absolute atomic E-state index is 12.2. The van der Waals surface area contributed by atoms with Crippen LogP contribution in [-0.4, -0.2) is 89.9 Å². The van der Waals surface area contributed by atoms with Gasteiger partial charge < -0.3 is 40.2 Å². The van der Waals surface area contributed by atoms with Crippen LogP contribution in [0.5, 0.6) is 0 Å². The minimum atomic E-state index is -2.23. The molecule has 2 aliphatic heterocycles. The third-order valence-electron chi connectivity index (χ3n) is 4.93. The number of aliphatic hydroxyl groups is 3. The van der Waals surface area contributed by atoms with Crippen molar-refractivity contribution in [2.45, 2.75) is 75.5 Å². The van der Waals surface area contributed by atoms with Crippen molar-refractivity contribution in [2.24, 2.45) is 0 Å². The van der Waals surface area contributed by atoms with Gasteiger partial charge in [-0.05, 0) is 21.0 Å². The molecule has 0 aromatic heterocycles. The van der Waals surface area contributed by atoms with E-state index in [1.165, 1.54) is 0 Å². The maximum Gasteiger partial charge on any atom is 0.280 e. The van der Waals surface area contributed by atoms with E-state index in [0.29, 0.717) is 0 Å². The van der Waals surface area contributed by atoms with Gasteiger partial charge in [0.05, 0.1) is 24.3 Å². The summed E-state index contributed by atoms with van der Waals surface area (Å²) in [5.74, 6) is -2.76. The maximum atomic E-state index is 12.2. The van der Waals surface area contributed by atoms with Crippen LogP contribution in [0.15, 0.2) is 0 Å². The predicted molar refractivity (Wildman–Crippen MR) is 97.6 cm³/mol. The van der Waals surface area contributed by atoms with Gasteiger partial charge in [0.1, 0.15) is 18.3 Å². The van der Waals surface area contributed by atoms with Crippen molar-refractivity contribution in [2.75, 3.05) is 14.1 Å². The van der Waals surface area contributed by atoms with Gasteiger partial charge in [0.25, 0.3) is 5.79 Å². The summed E-state index contributed by atoms with van der Waals surface area (Å²) in [6, 6.07) is -1.29. The van der Waals surface area contributed by atoms with Crippen LogP contribution in [0.1, 0.15) is 20.8 Å². The van der Waals surface area contributed by atoms with Gasteiger partial charge in [-0.3, -0.25) is 4.79 Å². The highest BCUT2D eigenvalue weighted by Gasteiger charge is 2.63. The van der Waals surface area contributed by atoms with Gasteiger partial charge in [0, 0.05) is 6.42 Å². The minimum Gasteiger partial charge on any atom is -0.390 e. The second kappa shape index (κ2) is 9.42. The third kappa shape index (κ3) is 3.88. The summed E-state index contributed by atoms with van der Waals surface area (Å²) < 4.78 is 16.8. The van der Waals surface area contributed by atoms with E-state index in [1.807, 2.05) is 0 Å². The Hall–Kier alpha value is -0.0700. The Morgan fingerprint density at radius 3 is 2.15 bits per heavy atom. The molecule has 2 saturated heterocycles. The Bertz CT molecular complexity index is 489. The molecule has 0 aromatic carbocycles. The highest BCUT2D eigenvalue weighted by atomic mass is 35.5. The van der Waals surface area contributed by atoms with E-state index >= 15 is 0 Å². The fraction of sp³-hybridized carbons (Fsp3) is 0.933. The molecule has 3 fully saturated rings. The van der Waals surface area contributed by atoms with Gasteiger partial charge in [0.2, 0.25) is 6.29 Å². The molecule has 9 nitrogen and oxygen atoms in total. The predicted octanol–water partition coefficient (Wildman–Crippen LogP) is -1.45. The lowest BCUT2D eigenvalue weighted by Gasteiger charge is -2.55. The number of nitrogens with one attached hydrogen (secondary N) is 2. The highest BCUT2D eigenvalue weighted by molar-refractivity contribution is 5.87. The smallest absolute Gasteiger partial charge is 0.280 e. The molecule has 2 heterocycles. The SMILES string of the molecule is C.CN[C@@H]1[C@H](O)[C@H](NC)[C@H]2O[C@@]3(O)C(=O)C[C@@H](C)O[C@H]3O[C@@H]2[C@H]1O.Cl.Cl. The molecule has 11 heteroatoms. The van der Waals surface area contributed by atoms with E-state index < -0.39 is 60.5 Å². The monoisotopic (exact) mass is 420 g/mol. The summed E-state index contributed by atoms with van der Waals surface area (Å²) in [7, 11) is 3.24. The molecular formula is C15H30Cl2N2O7. The van der Waals surface area contributed by atoms with Gasteiger partial charge in [-0.25, -0.2) is 0 Å². The standard InChI is InChI=1S/C14H24N2O7.CH4.2ClH/c1-5-4-6(17)14(20)13(21-5)22-12-10(19)7(15-2)9(18)8(16-3)11(12)23-14;;;/h5,7-13,15-16,18-20H,4H2,1-3H3;1H4;2*1H/t5-,7-,8+,9+,10+,11-,12-,13+,14+;;;/m1.../s1. The minimum absolute atomic E-state index is 0. The van der Waals surface area contributed by atoms with E-state index in [-0.39, 0.29) is 38.7 Å². The van der Waals surface area contributed by atoms with Crippen LogP contribution in [0, 0.1) is 0 Å². The van der Waals surface area contributed by atoms with Crippen LogP contribution in [0.3, 0.4) is 0 Å². The van der Waals surface area contributed by atoms with Crippen LogP contribution in [0.2, 0.25) is 0 Å². The van der Waals surface area contributed by atoms with Gasteiger partial charge in [-0.15, -0.1) is 24.8 Å². The zero-order valence-electron chi connectivity index (χ0n) is 14.1. The van der Waals surface area contributed by atoms with E-state index in [4.69, 9.17) is 14.2 Å². The van der Waals surface area contributed by atoms with Crippen LogP contribution >= 0.6 is 24.8 Å². The molecule has 1 saturated carbocycles. The molecule has 0 unspecified atom stereocenters. The van der Waals surface area contributed by atoms with Gasteiger partial charge in [0.15, 0.2) is 5.78 Å². The van der Waals surface area contributed by atoms with Crippen molar-refractivity contribution in [1.82, 2.24) is 10.6 Å². The number of rotatable bonds is 2. The molecule has 0 amide bonds. The number of carbonyl (C=O) groups is 1. The van der Waals surface area contributed by atoms with E-state index in [1.54, 1.807) is 21.0 Å². The molecule has 9 atom stereocenters. The Kier molecular flexibility index (Phi) is 9.39.